The molecule has 1 fully saturated rings. The Hall–Kier alpha value is -2.37. The maximum Gasteiger partial charge on any atom is 0.325 e. The molecular weight excluding hydrogens is 294 g/mol. The highest BCUT2D eigenvalue weighted by Crippen LogP contribution is 2.18. The Labute approximate surface area is 136 Å². The quantitative estimate of drug-likeness (QED) is 0.791. The lowest BCUT2D eigenvalue weighted by atomic mass is 10.0. The lowest BCUT2D eigenvalue weighted by molar-refractivity contribution is -0.130. The van der Waals surface area contributed by atoms with E-state index >= 15 is 0 Å². The van der Waals surface area contributed by atoms with Crippen LogP contribution in [0.1, 0.15) is 45.1 Å². The first kappa shape index (κ1) is 17.0. The number of urea groups is 1. The van der Waals surface area contributed by atoms with Crippen molar-refractivity contribution in [2.24, 2.45) is 0 Å². The number of carbonyl (C=O) groups is 3. The molecule has 124 valence electrons. The molecule has 2 N–H and O–H groups in total. The molecule has 1 saturated heterocycles. The Morgan fingerprint density at radius 1 is 1.35 bits per heavy atom. The van der Waals surface area contributed by atoms with Crippen molar-refractivity contribution in [2.45, 2.75) is 45.6 Å². The second-order valence-corrected chi connectivity index (χ2v) is 6.04. The molecule has 2 rings (SSSR count). The fraction of sp³-hybridized carbons (Fsp3) is 0.471. The highest BCUT2D eigenvalue weighted by Gasteiger charge is 2.38. The normalized spacial score (nSPS) is 17.6. The molecule has 1 aromatic rings. The average Bonchev–Trinajstić information content (AvgIpc) is 2.75. The maximum atomic E-state index is 12.1. The number of amides is 4. The summed E-state index contributed by atoms with van der Waals surface area (Å²) >= 11 is 0. The Balaban J connectivity index is 1.98. The fourth-order valence-electron chi connectivity index (χ4n) is 2.53. The van der Waals surface area contributed by atoms with Gasteiger partial charge in [0.15, 0.2) is 0 Å². The van der Waals surface area contributed by atoms with Gasteiger partial charge in [0.05, 0.1) is 0 Å². The summed E-state index contributed by atoms with van der Waals surface area (Å²) in [5.74, 6) is -0.359. The van der Waals surface area contributed by atoms with Gasteiger partial charge in [-0.2, -0.15) is 0 Å². The van der Waals surface area contributed by atoms with Crippen LogP contribution in [0, 0.1) is 0 Å². The van der Waals surface area contributed by atoms with Gasteiger partial charge in [-0.25, -0.2) is 4.79 Å². The Morgan fingerprint density at radius 2 is 2.09 bits per heavy atom. The van der Waals surface area contributed by atoms with E-state index < -0.39 is 12.1 Å². The van der Waals surface area contributed by atoms with Crippen molar-refractivity contribution in [1.29, 1.82) is 0 Å². The van der Waals surface area contributed by atoms with E-state index in [2.05, 4.69) is 24.5 Å². The van der Waals surface area contributed by atoms with Crippen LogP contribution in [0.25, 0.3) is 0 Å². The van der Waals surface area contributed by atoms with Crippen LogP contribution >= 0.6 is 0 Å². The van der Waals surface area contributed by atoms with Crippen molar-refractivity contribution in [1.82, 2.24) is 10.2 Å². The van der Waals surface area contributed by atoms with Crippen molar-refractivity contribution in [3.8, 4) is 0 Å². The van der Waals surface area contributed by atoms with Crippen LogP contribution in [0.2, 0.25) is 0 Å². The second kappa shape index (κ2) is 7.26. The van der Waals surface area contributed by atoms with Gasteiger partial charge in [0.1, 0.15) is 12.6 Å². The molecule has 1 aliphatic rings. The summed E-state index contributed by atoms with van der Waals surface area (Å²) in [6.45, 7) is 5.82. The zero-order chi connectivity index (χ0) is 17.0. The monoisotopic (exact) mass is 317 g/mol. The third-order valence-corrected chi connectivity index (χ3v) is 3.82. The van der Waals surface area contributed by atoms with Crippen LogP contribution in [0.4, 0.5) is 10.5 Å². The first-order valence-corrected chi connectivity index (χ1v) is 7.94. The predicted octanol–water partition coefficient (Wildman–Crippen LogP) is 2.47. The summed E-state index contributed by atoms with van der Waals surface area (Å²) in [7, 11) is 0. The standard InChI is InChI=1S/C17H23N3O3/c1-4-6-14-16(22)20(17(23)19-14)10-15(21)18-13-8-5-7-12(9-13)11(2)3/h5,7-9,11,14H,4,6,10H2,1-3H3,(H,18,21)(H,19,23). The van der Waals surface area contributed by atoms with E-state index in [1.165, 1.54) is 0 Å². The number of imide groups is 1. The van der Waals surface area contributed by atoms with Gasteiger partial charge in [-0.1, -0.05) is 39.3 Å². The summed E-state index contributed by atoms with van der Waals surface area (Å²) in [5.41, 5.74) is 1.78. The molecule has 0 saturated carbocycles. The van der Waals surface area contributed by atoms with Crippen LogP contribution in [-0.2, 0) is 9.59 Å². The summed E-state index contributed by atoms with van der Waals surface area (Å²) in [6.07, 6.45) is 1.37. The highest BCUT2D eigenvalue weighted by atomic mass is 16.2. The summed E-state index contributed by atoms with van der Waals surface area (Å²) in [6, 6.07) is 6.54. The van der Waals surface area contributed by atoms with E-state index in [1.54, 1.807) is 6.07 Å². The number of rotatable bonds is 6. The third kappa shape index (κ3) is 4.09. The molecule has 1 unspecified atom stereocenters. The topological polar surface area (TPSA) is 78.5 Å². The minimum atomic E-state index is -0.510. The minimum Gasteiger partial charge on any atom is -0.326 e. The smallest absolute Gasteiger partial charge is 0.325 e. The summed E-state index contributed by atoms with van der Waals surface area (Å²) in [4.78, 5) is 37.0. The molecule has 0 bridgehead atoms. The molecule has 0 aromatic heterocycles. The molecule has 1 aliphatic heterocycles. The van der Waals surface area contributed by atoms with Gasteiger partial charge in [-0.3, -0.25) is 14.5 Å². The van der Waals surface area contributed by atoms with E-state index in [-0.39, 0.29) is 18.4 Å². The van der Waals surface area contributed by atoms with Crippen LogP contribution in [0.3, 0.4) is 0 Å². The zero-order valence-corrected chi connectivity index (χ0v) is 13.8. The Kier molecular flexibility index (Phi) is 5.36. The zero-order valence-electron chi connectivity index (χ0n) is 13.8. The van der Waals surface area contributed by atoms with Gasteiger partial charge < -0.3 is 10.6 Å². The molecule has 1 atom stereocenters. The van der Waals surface area contributed by atoms with E-state index in [0.717, 1.165) is 16.9 Å². The predicted molar refractivity (Wildman–Crippen MR) is 88.1 cm³/mol. The Morgan fingerprint density at radius 3 is 2.74 bits per heavy atom. The van der Waals surface area contributed by atoms with Gasteiger partial charge >= 0.3 is 6.03 Å². The van der Waals surface area contributed by atoms with Crippen molar-refractivity contribution >= 4 is 23.5 Å². The van der Waals surface area contributed by atoms with E-state index in [4.69, 9.17) is 0 Å². The number of benzene rings is 1. The molecule has 0 aliphatic carbocycles. The van der Waals surface area contributed by atoms with Crippen molar-refractivity contribution < 1.29 is 14.4 Å². The van der Waals surface area contributed by atoms with Crippen molar-refractivity contribution in [3.63, 3.8) is 0 Å². The van der Waals surface area contributed by atoms with Crippen LogP contribution < -0.4 is 10.6 Å². The number of hydrogen-bond acceptors (Lipinski definition) is 3. The highest BCUT2D eigenvalue weighted by molar-refractivity contribution is 6.07. The van der Waals surface area contributed by atoms with E-state index in [9.17, 15) is 14.4 Å². The molecule has 4 amide bonds. The van der Waals surface area contributed by atoms with Gasteiger partial charge in [-0.15, -0.1) is 0 Å². The van der Waals surface area contributed by atoms with Crippen LogP contribution in [0.15, 0.2) is 24.3 Å². The maximum absolute atomic E-state index is 12.1. The van der Waals surface area contributed by atoms with Gasteiger partial charge in [-0.05, 0) is 30.0 Å². The number of carbonyl (C=O) groups excluding carboxylic acids is 3. The molecule has 1 heterocycles. The molecular formula is C17H23N3O3. The largest absolute Gasteiger partial charge is 0.326 e. The third-order valence-electron chi connectivity index (χ3n) is 3.82. The molecule has 23 heavy (non-hydrogen) atoms. The summed E-state index contributed by atoms with van der Waals surface area (Å²) < 4.78 is 0. The lowest BCUT2D eigenvalue weighted by Gasteiger charge is -2.14. The van der Waals surface area contributed by atoms with Gasteiger partial charge in [0.2, 0.25) is 5.91 Å². The lowest BCUT2D eigenvalue weighted by Crippen LogP contribution is -2.38. The molecule has 0 radical (unpaired) electrons. The molecule has 6 nitrogen and oxygen atoms in total. The fourth-order valence-corrected chi connectivity index (χ4v) is 2.53. The van der Waals surface area contributed by atoms with Crippen LogP contribution in [-0.4, -0.2) is 35.3 Å². The molecule has 0 spiro atoms. The van der Waals surface area contributed by atoms with Crippen molar-refractivity contribution in [3.05, 3.63) is 29.8 Å². The number of hydrogen-bond donors (Lipinski definition) is 2. The number of anilines is 1. The Bertz CT molecular complexity index is 613. The van der Waals surface area contributed by atoms with Crippen LogP contribution in [0.5, 0.6) is 0 Å². The summed E-state index contributed by atoms with van der Waals surface area (Å²) in [5, 5.41) is 5.34. The van der Waals surface area contributed by atoms with E-state index in [0.29, 0.717) is 18.0 Å². The first-order chi connectivity index (χ1) is 10.9. The SMILES string of the molecule is CCCC1NC(=O)N(CC(=O)Nc2cccc(C(C)C)c2)C1=O. The van der Waals surface area contributed by atoms with Gasteiger partial charge in [0.25, 0.3) is 5.91 Å². The number of nitrogens with one attached hydrogen (secondary N) is 2. The van der Waals surface area contributed by atoms with E-state index in [1.807, 2.05) is 25.1 Å². The van der Waals surface area contributed by atoms with Gasteiger partial charge in [0, 0.05) is 5.69 Å². The van der Waals surface area contributed by atoms with Crippen molar-refractivity contribution in [2.75, 3.05) is 11.9 Å². The average molecular weight is 317 g/mol. The minimum absolute atomic E-state index is 0.267. The number of nitrogens with zero attached hydrogens (tertiary/aromatic N) is 1. The molecule has 6 heteroatoms. The molecule has 1 aromatic carbocycles. The first-order valence-electron chi connectivity index (χ1n) is 7.94. The second-order valence-electron chi connectivity index (χ2n) is 6.04.